The number of nitrogens with one attached hydrogen (secondary N) is 1. The summed E-state index contributed by atoms with van der Waals surface area (Å²) in [5.74, 6) is 0.630. The Morgan fingerprint density at radius 3 is 2.84 bits per heavy atom. The van der Waals surface area contributed by atoms with Crippen LogP contribution in [0.2, 0.25) is 0 Å². The van der Waals surface area contributed by atoms with E-state index in [9.17, 15) is 8.42 Å². The summed E-state index contributed by atoms with van der Waals surface area (Å²) in [6.45, 7) is 0.000284. The minimum Gasteiger partial charge on any atom is -0.495 e. The number of methoxy groups -OCH3 is 1. The van der Waals surface area contributed by atoms with Gasteiger partial charge in [0.15, 0.2) is 5.76 Å². The van der Waals surface area contributed by atoms with Crippen molar-refractivity contribution in [3.8, 4) is 5.75 Å². The Hall–Kier alpha value is -2.06. The number of ether oxygens (including phenoxy) is 1. The smallest absolute Gasteiger partial charge is 0.244 e. The first kappa shape index (κ1) is 13.4. The number of nitrogens with two attached hydrogens (primary N) is 1. The van der Waals surface area contributed by atoms with Gasteiger partial charge < -0.3 is 15.0 Å². The second kappa shape index (κ2) is 5.29. The van der Waals surface area contributed by atoms with Crippen molar-refractivity contribution in [3.63, 3.8) is 0 Å². The summed E-state index contributed by atoms with van der Waals surface area (Å²) in [6, 6.07) is 5.97. The third kappa shape index (κ3) is 3.04. The van der Waals surface area contributed by atoms with Crippen molar-refractivity contribution in [2.75, 3.05) is 12.8 Å². The monoisotopic (exact) mass is 283 g/mol. The van der Waals surface area contributed by atoms with Gasteiger partial charge in [-0.05, 0) is 18.2 Å². The van der Waals surface area contributed by atoms with E-state index in [1.54, 1.807) is 12.1 Å². The second-order valence-electron chi connectivity index (χ2n) is 3.71. The SMILES string of the molecule is COc1ccc(N)cc1S(=O)(=O)NCc1ccno1. The van der Waals surface area contributed by atoms with Crippen molar-refractivity contribution in [2.45, 2.75) is 11.4 Å². The first-order chi connectivity index (χ1) is 9.03. The van der Waals surface area contributed by atoms with E-state index >= 15 is 0 Å². The van der Waals surface area contributed by atoms with Gasteiger partial charge in [0, 0.05) is 11.8 Å². The van der Waals surface area contributed by atoms with E-state index in [-0.39, 0.29) is 17.2 Å². The van der Waals surface area contributed by atoms with Crippen molar-refractivity contribution in [3.05, 3.63) is 36.2 Å². The number of aromatic nitrogens is 1. The van der Waals surface area contributed by atoms with Crippen molar-refractivity contribution in [1.82, 2.24) is 9.88 Å². The van der Waals surface area contributed by atoms with Crippen LogP contribution in [-0.2, 0) is 16.6 Å². The van der Waals surface area contributed by atoms with Gasteiger partial charge in [0.05, 0.1) is 19.9 Å². The maximum Gasteiger partial charge on any atom is 0.244 e. The molecule has 1 aromatic heterocycles. The summed E-state index contributed by atoms with van der Waals surface area (Å²) in [7, 11) is -2.35. The van der Waals surface area contributed by atoms with Gasteiger partial charge >= 0.3 is 0 Å². The molecule has 0 aliphatic rings. The van der Waals surface area contributed by atoms with Crippen LogP contribution in [0.3, 0.4) is 0 Å². The normalized spacial score (nSPS) is 11.4. The molecule has 0 spiro atoms. The lowest BCUT2D eigenvalue weighted by Gasteiger charge is -2.10. The molecule has 0 bridgehead atoms. The summed E-state index contributed by atoms with van der Waals surface area (Å²) in [5.41, 5.74) is 5.93. The third-order valence-electron chi connectivity index (χ3n) is 2.40. The molecular weight excluding hydrogens is 270 g/mol. The molecule has 0 atom stereocenters. The van der Waals surface area contributed by atoms with Crippen LogP contribution in [-0.4, -0.2) is 20.7 Å². The van der Waals surface area contributed by atoms with Crippen molar-refractivity contribution >= 4 is 15.7 Å². The number of nitrogen functional groups attached to an aromatic ring is 1. The standard InChI is InChI=1S/C11H13N3O4S/c1-17-10-3-2-8(12)6-11(10)19(15,16)14-7-9-4-5-13-18-9/h2-6,14H,7,12H2,1H3. The number of rotatable bonds is 5. The number of anilines is 1. The Balaban J connectivity index is 2.26. The summed E-state index contributed by atoms with van der Waals surface area (Å²) in [4.78, 5) is -0.0190. The zero-order valence-electron chi connectivity index (χ0n) is 10.2. The molecule has 0 amide bonds. The van der Waals surface area contributed by atoms with Crippen molar-refractivity contribution in [2.24, 2.45) is 0 Å². The highest BCUT2D eigenvalue weighted by atomic mass is 32.2. The molecule has 19 heavy (non-hydrogen) atoms. The zero-order valence-corrected chi connectivity index (χ0v) is 11.0. The van der Waals surface area contributed by atoms with Gasteiger partial charge in [0.1, 0.15) is 10.6 Å². The number of sulfonamides is 1. The molecule has 1 aromatic carbocycles. The Morgan fingerprint density at radius 1 is 1.42 bits per heavy atom. The van der Waals surface area contributed by atoms with Crippen molar-refractivity contribution in [1.29, 1.82) is 0 Å². The van der Waals surface area contributed by atoms with Crippen LogP contribution in [0.5, 0.6) is 5.75 Å². The Labute approximate surface area is 110 Å². The summed E-state index contributed by atoms with van der Waals surface area (Å²) in [6.07, 6.45) is 1.44. The van der Waals surface area contributed by atoms with E-state index in [2.05, 4.69) is 9.88 Å². The van der Waals surface area contributed by atoms with Crippen LogP contribution in [0.4, 0.5) is 5.69 Å². The van der Waals surface area contributed by atoms with Crippen LogP contribution in [0, 0.1) is 0 Å². The first-order valence-corrected chi connectivity index (χ1v) is 6.84. The lowest BCUT2D eigenvalue weighted by molar-refractivity contribution is 0.380. The van der Waals surface area contributed by atoms with Gasteiger partial charge in [-0.15, -0.1) is 0 Å². The van der Waals surface area contributed by atoms with E-state index in [0.29, 0.717) is 11.4 Å². The van der Waals surface area contributed by atoms with Gasteiger partial charge in [0.2, 0.25) is 10.0 Å². The predicted molar refractivity (Wildman–Crippen MR) is 67.9 cm³/mol. The predicted octanol–water partition coefficient (Wildman–Crippen LogP) is 0.744. The Bertz CT molecular complexity index is 653. The molecular formula is C11H13N3O4S. The van der Waals surface area contributed by atoms with Gasteiger partial charge in [-0.25, -0.2) is 13.1 Å². The molecule has 0 fully saturated rings. The summed E-state index contributed by atoms with van der Waals surface area (Å²) >= 11 is 0. The molecule has 2 rings (SSSR count). The molecule has 0 unspecified atom stereocenters. The zero-order chi connectivity index (χ0) is 13.9. The highest BCUT2D eigenvalue weighted by molar-refractivity contribution is 7.89. The first-order valence-electron chi connectivity index (χ1n) is 5.35. The van der Waals surface area contributed by atoms with Crippen molar-refractivity contribution < 1.29 is 17.7 Å². The quantitative estimate of drug-likeness (QED) is 0.784. The van der Waals surface area contributed by atoms with Crippen LogP contribution >= 0.6 is 0 Å². The molecule has 0 saturated heterocycles. The number of benzene rings is 1. The fraction of sp³-hybridized carbons (Fsp3) is 0.182. The third-order valence-corrected chi connectivity index (χ3v) is 3.83. The van der Waals surface area contributed by atoms with Crippen LogP contribution in [0.15, 0.2) is 39.9 Å². The fourth-order valence-electron chi connectivity index (χ4n) is 1.48. The highest BCUT2D eigenvalue weighted by Gasteiger charge is 2.20. The van der Waals surface area contributed by atoms with E-state index in [1.165, 1.54) is 25.4 Å². The number of hydrogen-bond acceptors (Lipinski definition) is 6. The maximum atomic E-state index is 12.2. The second-order valence-corrected chi connectivity index (χ2v) is 5.45. The van der Waals surface area contributed by atoms with E-state index < -0.39 is 10.0 Å². The van der Waals surface area contributed by atoms with Gasteiger partial charge in [0.25, 0.3) is 0 Å². The maximum absolute atomic E-state index is 12.2. The van der Waals surface area contributed by atoms with Crippen LogP contribution in [0.1, 0.15) is 5.76 Å². The molecule has 0 saturated carbocycles. The lowest BCUT2D eigenvalue weighted by atomic mass is 10.3. The highest BCUT2D eigenvalue weighted by Crippen LogP contribution is 2.25. The molecule has 0 radical (unpaired) electrons. The average Bonchev–Trinajstić information content (AvgIpc) is 2.89. The molecule has 102 valence electrons. The van der Waals surface area contributed by atoms with E-state index in [1.807, 2.05) is 0 Å². The molecule has 0 aliphatic carbocycles. The topological polar surface area (TPSA) is 107 Å². The molecule has 0 aliphatic heterocycles. The average molecular weight is 283 g/mol. The molecule has 7 nitrogen and oxygen atoms in total. The van der Waals surface area contributed by atoms with E-state index in [0.717, 1.165) is 0 Å². The fourth-order valence-corrected chi connectivity index (χ4v) is 2.68. The van der Waals surface area contributed by atoms with Gasteiger partial charge in [-0.1, -0.05) is 5.16 Å². The lowest BCUT2D eigenvalue weighted by Crippen LogP contribution is -2.23. The number of hydrogen-bond donors (Lipinski definition) is 2. The van der Waals surface area contributed by atoms with Gasteiger partial charge in [-0.3, -0.25) is 0 Å². The van der Waals surface area contributed by atoms with Crippen LogP contribution < -0.4 is 15.2 Å². The minimum atomic E-state index is -3.74. The van der Waals surface area contributed by atoms with Gasteiger partial charge in [-0.2, -0.15) is 0 Å². The summed E-state index contributed by atoms with van der Waals surface area (Å²) < 4.78 is 36.5. The van der Waals surface area contributed by atoms with E-state index in [4.69, 9.17) is 15.0 Å². The number of nitrogens with zero attached hydrogens (tertiary/aromatic N) is 1. The van der Waals surface area contributed by atoms with Crippen LogP contribution in [0.25, 0.3) is 0 Å². The molecule has 3 N–H and O–H groups in total. The molecule has 2 aromatic rings. The molecule has 1 heterocycles. The Morgan fingerprint density at radius 2 is 2.21 bits per heavy atom. The summed E-state index contributed by atoms with van der Waals surface area (Å²) in [5, 5.41) is 3.49. The molecule has 8 heteroatoms. The largest absolute Gasteiger partial charge is 0.495 e. The Kier molecular flexibility index (Phi) is 3.72. The minimum absolute atomic E-state index is 0.000284.